The van der Waals surface area contributed by atoms with Gasteiger partial charge in [-0.05, 0) is 44.0 Å². The predicted octanol–water partition coefficient (Wildman–Crippen LogP) is 3.51. The number of halogens is 3. The lowest BCUT2D eigenvalue weighted by molar-refractivity contribution is -0.137. The summed E-state index contributed by atoms with van der Waals surface area (Å²) in [6, 6.07) is 5.20. The first kappa shape index (κ1) is 13.9. The standard InChI is InChI=1S/C14H16F3NO/c1-10(19)11-6-8-18(9-7-11)13-4-2-12(3-5-13)14(15,16)17/h2-5,11H,6-9H2,1H3. The monoisotopic (exact) mass is 271 g/mol. The van der Waals surface area contributed by atoms with Crippen LogP contribution in [-0.4, -0.2) is 18.9 Å². The Hall–Kier alpha value is -1.52. The van der Waals surface area contributed by atoms with Crippen LogP contribution in [0.25, 0.3) is 0 Å². The van der Waals surface area contributed by atoms with Gasteiger partial charge in [0.15, 0.2) is 0 Å². The smallest absolute Gasteiger partial charge is 0.371 e. The Morgan fingerprint density at radius 3 is 2.11 bits per heavy atom. The zero-order valence-corrected chi connectivity index (χ0v) is 10.7. The number of carbonyl (C=O) groups is 1. The van der Waals surface area contributed by atoms with Crippen molar-refractivity contribution < 1.29 is 18.0 Å². The van der Waals surface area contributed by atoms with Gasteiger partial charge in [0.1, 0.15) is 5.78 Å². The van der Waals surface area contributed by atoms with E-state index in [9.17, 15) is 18.0 Å². The minimum Gasteiger partial charge on any atom is -0.371 e. The van der Waals surface area contributed by atoms with E-state index in [1.165, 1.54) is 12.1 Å². The Bertz CT molecular complexity index is 445. The molecule has 0 saturated carbocycles. The topological polar surface area (TPSA) is 20.3 Å². The molecule has 0 amide bonds. The van der Waals surface area contributed by atoms with E-state index < -0.39 is 11.7 Å². The maximum Gasteiger partial charge on any atom is 0.416 e. The first-order chi connectivity index (χ1) is 8.88. The second-order valence-corrected chi connectivity index (χ2v) is 4.92. The van der Waals surface area contributed by atoms with Crippen molar-refractivity contribution in [3.63, 3.8) is 0 Å². The van der Waals surface area contributed by atoms with E-state index in [0.717, 1.165) is 43.8 Å². The molecule has 1 aliphatic rings. The van der Waals surface area contributed by atoms with Crippen molar-refractivity contribution in [3.8, 4) is 0 Å². The summed E-state index contributed by atoms with van der Waals surface area (Å²) in [6.07, 6.45) is -2.74. The quantitative estimate of drug-likeness (QED) is 0.820. The highest BCUT2D eigenvalue weighted by Crippen LogP contribution is 2.31. The maximum absolute atomic E-state index is 12.5. The van der Waals surface area contributed by atoms with Crippen LogP contribution in [0.4, 0.5) is 18.9 Å². The third-order valence-corrected chi connectivity index (χ3v) is 3.63. The minimum atomic E-state index is -4.29. The van der Waals surface area contributed by atoms with Crippen molar-refractivity contribution in [3.05, 3.63) is 29.8 Å². The lowest BCUT2D eigenvalue weighted by Gasteiger charge is -2.32. The largest absolute Gasteiger partial charge is 0.416 e. The fourth-order valence-corrected chi connectivity index (χ4v) is 2.41. The summed E-state index contributed by atoms with van der Waals surface area (Å²) in [7, 11) is 0. The molecule has 1 heterocycles. The SMILES string of the molecule is CC(=O)C1CCN(c2ccc(C(F)(F)F)cc2)CC1. The summed E-state index contributed by atoms with van der Waals surface area (Å²) in [5, 5.41) is 0. The van der Waals surface area contributed by atoms with Crippen molar-refractivity contribution in [2.75, 3.05) is 18.0 Å². The fraction of sp³-hybridized carbons (Fsp3) is 0.500. The molecule has 104 valence electrons. The van der Waals surface area contributed by atoms with E-state index in [1.54, 1.807) is 6.92 Å². The average molecular weight is 271 g/mol. The molecule has 0 N–H and O–H groups in total. The molecule has 5 heteroatoms. The molecule has 0 aliphatic carbocycles. The van der Waals surface area contributed by atoms with Crippen molar-refractivity contribution in [1.29, 1.82) is 0 Å². The van der Waals surface area contributed by atoms with Gasteiger partial charge in [-0.15, -0.1) is 0 Å². The number of carbonyl (C=O) groups excluding carboxylic acids is 1. The third kappa shape index (κ3) is 3.28. The van der Waals surface area contributed by atoms with Gasteiger partial charge in [-0.25, -0.2) is 0 Å². The van der Waals surface area contributed by atoms with Gasteiger partial charge in [0.25, 0.3) is 0 Å². The number of Topliss-reactive ketones (excluding diaryl/α,β-unsaturated/α-hetero) is 1. The zero-order chi connectivity index (χ0) is 14.0. The fourth-order valence-electron chi connectivity index (χ4n) is 2.41. The van der Waals surface area contributed by atoms with Crippen LogP contribution >= 0.6 is 0 Å². The summed E-state index contributed by atoms with van der Waals surface area (Å²) in [5.74, 6) is 0.303. The first-order valence-corrected chi connectivity index (χ1v) is 6.30. The highest BCUT2D eigenvalue weighted by Gasteiger charge is 2.30. The summed E-state index contributed by atoms with van der Waals surface area (Å²) in [6.45, 7) is 3.03. The molecule has 1 fully saturated rings. The molecule has 1 aliphatic heterocycles. The molecular weight excluding hydrogens is 255 g/mol. The summed E-state index contributed by atoms with van der Waals surface area (Å²) in [5.41, 5.74) is 0.157. The van der Waals surface area contributed by atoms with Crippen molar-refractivity contribution in [2.45, 2.75) is 25.9 Å². The zero-order valence-electron chi connectivity index (χ0n) is 10.7. The van der Waals surface area contributed by atoms with E-state index in [4.69, 9.17) is 0 Å². The van der Waals surface area contributed by atoms with Gasteiger partial charge < -0.3 is 4.90 Å². The van der Waals surface area contributed by atoms with Crippen LogP contribution in [0.1, 0.15) is 25.3 Å². The second-order valence-electron chi connectivity index (χ2n) is 4.92. The number of nitrogens with zero attached hydrogens (tertiary/aromatic N) is 1. The third-order valence-electron chi connectivity index (χ3n) is 3.63. The van der Waals surface area contributed by atoms with Crippen molar-refractivity contribution >= 4 is 11.5 Å². The maximum atomic E-state index is 12.5. The van der Waals surface area contributed by atoms with E-state index >= 15 is 0 Å². The molecule has 19 heavy (non-hydrogen) atoms. The van der Waals surface area contributed by atoms with Crippen molar-refractivity contribution in [2.24, 2.45) is 5.92 Å². The number of rotatable bonds is 2. The highest BCUT2D eigenvalue weighted by molar-refractivity contribution is 5.78. The molecule has 0 spiro atoms. The van der Waals surface area contributed by atoms with Gasteiger partial charge in [-0.2, -0.15) is 13.2 Å². The molecule has 1 aromatic rings. The first-order valence-electron chi connectivity index (χ1n) is 6.30. The number of ketones is 1. The van der Waals surface area contributed by atoms with Crippen LogP contribution in [0.2, 0.25) is 0 Å². The van der Waals surface area contributed by atoms with Gasteiger partial charge in [0.05, 0.1) is 5.56 Å². The number of piperidine rings is 1. The number of hydrogen-bond acceptors (Lipinski definition) is 2. The van der Waals surface area contributed by atoms with Crippen LogP contribution in [0, 0.1) is 5.92 Å². The van der Waals surface area contributed by atoms with E-state index in [2.05, 4.69) is 0 Å². The van der Waals surface area contributed by atoms with Crippen LogP contribution in [0.15, 0.2) is 24.3 Å². The van der Waals surface area contributed by atoms with Gasteiger partial charge in [-0.1, -0.05) is 0 Å². The molecule has 0 bridgehead atoms. The molecule has 1 saturated heterocycles. The van der Waals surface area contributed by atoms with E-state index in [0.29, 0.717) is 0 Å². The lowest BCUT2D eigenvalue weighted by atomic mass is 9.93. The van der Waals surface area contributed by atoms with Gasteiger partial charge >= 0.3 is 6.18 Å². The van der Waals surface area contributed by atoms with Crippen LogP contribution in [0.5, 0.6) is 0 Å². The molecule has 0 radical (unpaired) electrons. The van der Waals surface area contributed by atoms with Gasteiger partial charge in [0, 0.05) is 24.7 Å². The molecule has 2 nitrogen and oxygen atoms in total. The summed E-state index contributed by atoms with van der Waals surface area (Å²) >= 11 is 0. The van der Waals surface area contributed by atoms with Gasteiger partial charge in [-0.3, -0.25) is 4.79 Å². The minimum absolute atomic E-state index is 0.102. The Balaban J connectivity index is 2.02. The van der Waals surface area contributed by atoms with Gasteiger partial charge in [0.2, 0.25) is 0 Å². The second kappa shape index (κ2) is 5.23. The Morgan fingerprint density at radius 2 is 1.68 bits per heavy atom. The number of hydrogen-bond donors (Lipinski definition) is 0. The number of alkyl halides is 3. The molecule has 1 aromatic carbocycles. The normalized spacial score (nSPS) is 17.6. The number of anilines is 1. The molecule has 0 aromatic heterocycles. The molecular formula is C14H16F3NO. The highest BCUT2D eigenvalue weighted by atomic mass is 19.4. The van der Waals surface area contributed by atoms with Crippen LogP contribution in [-0.2, 0) is 11.0 Å². The van der Waals surface area contributed by atoms with E-state index in [1.807, 2.05) is 4.90 Å². The Morgan fingerprint density at radius 1 is 1.16 bits per heavy atom. The summed E-state index contributed by atoms with van der Waals surface area (Å²) in [4.78, 5) is 13.3. The summed E-state index contributed by atoms with van der Waals surface area (Å²) < 4.78 is 37.4. The van der Waals surface area contributed by atoms with Crippen LogP contribution in [0.3, 0.4) is 0 Å². The Kier molecular flexibility index (Phi) is 3.83. The molecule has 0 unspecified atom stereocenters. The molecule has 0 atom stereocenters. The van der Waals surface area contributed by atoms with E-state index in [-0.39, 0.29) is 11.7 Å². The predicted molar refractivity (Wildman–Crippen MR) is 67.1 cm³/mol. The lowest BCUT2D eigenvalue weighted by Crippen LogP contribution is -2.35. The number of benzene rings is 1. The molecule has 2 rings (SSSR count). The van der Waals surface area contributed by atoms with Crippen LogP contribution < -0.4 is 4.90 Å². The van der Waals surface area contributed by atoms with Crippen molar-refractivity contribution in [1.82, 2.24) is 0 Å². The average Bonchev–Trinajstić information content (AvgIpc) is 2.38. The Labute approximate surface area is 110 Å².